The molecule has 1 amide bonds. The molecular weight excluding hydrogens is 774 g/mol. The second-order valence-electron chi connectivity index (χ2n) is 17.9. The molecule has 0 bridgehead atoms. The predicted molar refractivity (Wildman–Crippen MR) is 252 cm³/mol. The first-order chi connectivity index (χ1) is 29.3. The molecule has 2 unspecified atom stereocenters. The van der Waals surface area contributed by atoms with Crippen LogP contribution in [0.4, 0.5) is 0 Å². The van der Waals surface area contributed by atoms with E-state index in [0.29, 0.717) is 12.8 Å². The number of phosphoric acid groups is 1. The zero-order valence-corrected chi connectivity index (χ0v) is 40.6. The van der Waals surface area contributed by atoms with Crippen LogP contribution in [-0.2, 0) is 27.9 Å². The maximum Gasteiger partial charge on any atom is 0.472 e. The Kier molecular flexibility index (Phi) is 46.7. The van der Waals surface area contributed by atoms with Crippen molar-refractivity contribution in [3.8, 4) is 0 Å². The number of amides is 1. The molecule has 3 N–H and O–H groups in total. The van der Waals surface area contributed by atoms with Gasteiger partial charge in [0.05, 0.1) is 13.2 Å². The monoisotopic (exact) mass is 874 g/mol. The molecule has 0 fully saturated rings. The van der Waals surface area contributed by atoms with Crippen LogP contribution in [0.2, 0.25) is 0 Å². The zero-order valence-electron chi connectivity index (χ0n) is 39.7. The number of phosphoric ester groups is 1. The average Bonchev–Trinajstić information content (AvgIpc) is 3.23. The smallest absolute Gasteiger partial charge is 0.463 e. The Morgan fingerprint density at radius 2 is 0.750 bits per heavy atom. The van der Waals surface area contributed by atoms with Gasteiger partial charge in [-0.1, -0.05) is 251 Å². The summed E-state index contributed by atoms with van der Waals surface area (Å²) in [5, 5.41) is 12.8. The van der Waals surface area contributed by atoms with E-state index >= 15 is 0 Å². The molecular formula is C50H100NO8P. The van der Waals surface area contributed by atoms with Gasteiger partial charge in [-0.15, -0.1) is 0 Å². The van der Waals surface area contributed by atoms with Gasteiger partial charge < -0.3 is 20.1 Å². The van der Waals surface area contributed by atoms with Gasteiger partial charge in [-0.05, 0) is 12.8 Å². The maximum absolute atomic E-state index is 12.1. The fourth-order valence-corrected chi connectivity index (χ4v) is 8.61. The SMILES string of the molecule is CCCCCCCCCCCCCCCCCCCCCCCCC(=O)NCCOP(=O)(O)OCC(O)COC(=O)CCCCCCCCCCCCCCCCCCC. The van der Waals surface area contributed by atoms with Crippen molar-refractivity contribution < 1.29 is 37.9 Å². The van der Waals surface area contributed by atoms with Crippen molar-refractivity contribution in [3.63, 3.8) is 0 Å². The summed E-state index contributed by atoms with van der Waals surface area (Å²) in [6.45, 7) is 3.63. The van der Waals surface area contributed by atoms with E-state index in [1.54, 1.807) is 0 Å². The Morgan fingerprint density at radius 3 is 1.08 bits per heavy atom. The van der Waals surface area contributed by atoms with Crippen LogP contribution in [0.25, 0.3) is 0 Å². The van der Waals surface area contributed by atoms with Gasteiger partial charge in [0, 0.05) is 19.4 Å². The molecule has 0 aromatic rings. The van der Waals surface area contributed by atoms with E-state index in [2.05, 4.69) is 19.2 Å². The maximum atomic E-state index is 12.1. The zero-order chi connectivity index (χ0) is 43.9. The molecule has 0 aliphatic carbocycles. The quantitative estimate of drug-likeness (QED) is 0.0313. The van der Waals surface area contributed by atoms with Gasteiger partial charge in [0.25, 0.3) is 0 Å². The lowest BCUT2D eigenvalue weighted by atomic mass is 10.0. The number of rotatable bonds is 50. The van der Waals surface area contributed by atoms with Gasteiger partial charge in [0.2, 0.25) is 5.91 Å². The van der Waals surface area contributed by atoms with E-state index in [-0.39, 0.29) is 25.7 Å². The summed E-state index contributed by atoms with van der Waals surface area (Å²) < 4.78 is 27.0. The molecule has 0 radical (unpaired) electrons. The van der Waals surface area contributed by atoms with Gasteiger partial charge in [-0.3, -0.25) is 18.6 Å². The number of esters is 1. The van der Waals surface area contributed by atoms with Crippen LogP contribution >= 0.6 is 7.82 Å². The summed E-state index contributed by atoms with van der Waals surface area (Å²) >= 11 is 0. The second kappa shape index (κ2) is 47.5. The van der Waals surface area contributed by atoms with E-state index in [9.17, 15) is 24.2 Å². The minimum absolute atomic E-state index is 0.0889. The Labute approximate surface area is 371 Å². The fraction of sp³-hybridized carbons (Fsp3) is 0.960. The number of nitrogens with one attached hydrogen (secondary N) is 1. The van der Waals surface area contributed by atoms with Crippen molar-refractivity contribution in [1.82, 2.24) is 5.32 Å². The van der Waals surface area contributed by atoms with Crippen molar-refractivity contribution >= 4 is 19.7 Å². The highest BCUT2D eigenvalue weighted by molar-refractivity contribution is 7.47. The summed E-state index contributed by atoms with van der Waals surface area (Å²) in [7, 11) is -4.41. The Morgan fingerprint density at radius 1 is 0.450 bits per heavy atom. The molecule has 0 rings (SSSR count). The van der Waals surface area contributed by atoms with Gasteiger partial charge in [-0.2, -0.15) is 0 Å². The summed E-state index contributed by atoms with van der Waals surface area (Å²) in [4.78, 5) is 34.1. The van der Waals surface area contributed by atoms with Gasteiger partial charge in [-0.25, -0.2) is 4.57 Å². The highest BCUT2D eigenvalue weighted by Gasteiger charge is 2.23. The van der Waals surface area contributed by atoms with Crippen LogP contribution in [0.1, 0.15) is 277 Å². The standard InChI is InChI=1S/C50H100NO8P/c1-3-5-7-9-11-13-15-17-19-21-22-23-24-25-27-28-30-32-34-36-38-40-42-49(53)51-44-45-58-60(55,56)59-47-48(52)46-57-50(54)43-41-39-37-35-33-31-29-26-20-18-16-14-12-10-8-6-4-2/h48,52H,3-47H2,1-2H3,(H,51,53)(H,55,56). The minimum Gasteiger partial charge on any atom is -0.463 e. The number of carbonyl (C=O) groups excluding carboxylic acids is 2. The van der Waals surface area contributed by atoms with Crippen LogP contribution in [-0.4, -0.2) is 54.3 Å². The molecule has 0 aliphatic rings. The predicted octanol–water partition coefficient (Wildman–Crippen LogP) is 15.2. The number of hydrogen-bond acceptors (Lipinski definition) is 7. The number of ether oxygens (including phenoxy) is 1. The molecule has 0 aromatic heterocycles. The molecule has 0 saturated carbocycles. The van der Waals surface area contributed by atoms with E-state index in [0.717, 1.165) is 38.5 Å². The highest BCUT2D eigenvalue weighted by Crippen LogP contribution is 2.42. The van der Waals surface area contributed by atoms with Crippen molar-refractivity contribution in [2.75, 3.05) is 26.4 Å². The Balaban J connectivity index is 3.49. The molecule has 9 nitrogen and oxygen atoms in total. The fourth-order valence-electron chi connectivity index (χ4n) is 7.86. The van der Waals surface area contributed by atoms with Crippen LogP contribution in [0, 0.1) is 0 Å². The number of carbonyl (C=O) groups is 2. The van der Waals surface area contributed by atoms with Gasteiger partial charge >= 0.3 is 13.8 Å². The third-order valence-electron chi connectivity index (χ3n) is 11.8. The van der Waals surface area contributed by atoms with Crippen LogP contribution in [0.15, 0.2) is 0 Å². The topological polar surface area (TPSA) is 131 Å². The van der Waals surface area contributed by atoms with Crippen molar-refractivity contribution in [2.24, 2.45) is 0 Å². The molecule has 0 heterocycles. The van der Waals surface area contributed by atoms with Gasteiger partial charge in [0.1, 0.15) is 12.7 Å². The average molecular weight is 874 g/mol. The van der Waals surface area contributed by atoms with Crippen molar-refractivity contribution in [3.05, 3.63) is 0 Å². The number of aliphatic hydroxyl groups is 1. The summed E-state index contributed by atoms with van der Waals surface area (Å²) in [5.41, 5.74) is 0. The second-order valence-corrected chi connectivity index (χ2v) is 19.3. The molecule has 60 heavy (non-hydrogen) atoms. The molecule has 0 aromatic carbocycles. The molecule has 0 saturated heterocycles. The third kappa shape index (κ3) is 48.0. The first-order valence-electron chi connectivity index (χ1n) is 26.0. The van der Waals surface area contributed by atoms with Gasteiger partial charge in [0.15, 0.2) is 0 Å². The summed E-state index contributed by atoms with van der Waals surface area (Å²) in [5.74, 6) is -0.498. The first kappa shape index (κ1) is 59.0. The minimum atomic E-state index is -4.41. The van der Waals surface area contributed by atoms with Crippen molar-refractivity contribution in [1.29, 1.82) is 0 Å². The molecule has 2 atom stereocenters. The Hall–Kier alpha value is -0.990. The van der Waals surface area contributed by atoms with Crippen LogP contribution < -0.4 is 5.32 Å². The summed E-state index contributed by atoms with van der Waals surface area (Å²) in [6.07, 6.45) is 50.5. The number of hydrogen-bond donors (Lipinski definition) is 3. The number of aliphatic hydroxyl groups excluding tert-OH is 1. The van der Waals surface area contributed by atoms with E-state index in [1.165, 1.54) is 212 Å². The molecule has 0 spiro atoms. The van der Waals surface area contributed by atoms with Crippen LogP contribution in [0.5, 0.6) is 0 Å². The first-order valence-corrected chi connectivity index (χ1v) is 27.5. The lowest BCUT2D eigenvalue weighted by Crippen LogP contribution is -2.27. The highest BCUT2D eigenvalue weighted by atomic mass is 31.2. The van der Waals surface area contributed by atoms with E-state index in [4.69, 9.17) is 13.8 Å². The summed E-state index contributed by atoms with van der Waals surface area (Å²) in [6, 6.07) is 0. The normalized spacial score (nSPS) is 13.1. The largest absolute Gasteiger partial charge is 0.472 e. The number of unbranched alkanes of at least 4 members (excludes halogenated alkanes) is 37. The molecule has 0 aliphatic heterocycles. The molecule has 10 heteroatoms. The van der Waals surface area contributed by atoms with Crippen LogP contribution in [0.3, 0.4) is 0 Å². The van der Waals surface area contributed by atoms with E-state index < -0.39 is 26.5 Å². The third-order valence-corrected chi connectivity index (χ3v) is 12.8. The van der Waals surface area contributed by atoms with Crippen molar-refractivity contribution in [2.45, 2.75) is 283 Å². The lowest BCUT2D eigenvalue weighted by molar-refractivity contribution is -0.147. The van der Waals surface area contributed by atoms with E-state index in [1.807, 2.05) is 0 Å². The lowest BCUT2D eigenvalue weighted by Gasteiger charge is -2.15. The Bertz CT molecular complexity index is 953. The molecule has 358 valence electrons.